The van der Waals surface area contributed by atoms with Gasteiger partial charge in [-0.1, -0.05) is 0 Å². The maximum Gasteiger partial charge on any atom is 0.227 e. The van der Waals surface area contributed by atoms with E-state index in [-0.39, 0.29) is 36.5 Å². The van der Waals surface area contributed by atoms with Crippen LogP contribution < -0.4 is 16.0 Å². The number of carbonyl (C=O) groups excluding carboxylic acids is 2. The third-order valence-corrected chi connectivity index (χ3v) is 4.44. The SMILES string of the molecule is NC(CNC(=O)C1CC(=O)N(c2ccc(F)cc2F)C1)C1CC1. The Hall–Kier alpha value is -2.02. The summed E-state index contributed by atoms with van der Waals surface area (Å²) >= 11 is 0. The van der Waals surface area contributed by atoms with Crippen LogP contribution in [0.25, 0.3) is 0 Å². The first-order valence-corrected chi connectivity index (χ1v) is 7.74. The summed E-state index contributed by atoms with van der Waals surface area (Å²) in [6.45, 7) is 0.477. The lowest BCUT2D eigenvalue weighted by atomic mass is 10.1. The van der Waals surface area contributed by atoms with Crippen molar-refractivity contribution >= 4 is 17.5 Å². The average Bonchev–Trinajstić information content (AvgIpc) is 3.28. The van der Waals surface area contributed by atoms with Gasteiger partial charge in [0, 0.05) is 31.6 Å². The standard InChI is InChI=1S/C16H19F2N3O2/c17-11-3-4-14(12(18)6-11)21-8-10(5-15(21)22)16(23)20-7-13(19)9-1-2-9/h3-4,6,9-10,13H,1-2,5,7-8,19H2,(H,20,23). The summed E-state index contributed by atoms with van der Waals surface area (Å²) in [6, 6.07) is 2.98. The van der Waals surface area contributed by atoms with E-state index in [1.165, 1.54) is 11.0 Å². The Kier molecular flexibility index (Phi) is 4.30. The molecule has 2 fully saturated rings. The predicted molar refractivity (Wildman–Crippen MR) is 80.5 cm³/mol. The molecule has 7 heteroatoms. The van der Waals surface area contributed by atoms with Crippen LogP contribution in [0.5, 0.6) is 0 Å². The quantitative estimate of drug-likeness (QED) is 0.854. The molecule has 1 aromatic carbocycles. The Bertz CT molecular complexity index is 634. The van der Waals surface area contributed by atoms with Crippen LogP contribution in [0.1, 0.15) is 19.3 Å². The fourth-order valence-electron chi connectivity index (χ4n) is 2.87. The molecule has 1 aliphatic heterocycles. The first-order chi connectivity index (χ1) is 11.0. The van der Waals surface area contributed by atoms with Crippen molar-refractivity contribution in [2.24, 2.45) is 17.6 Å². The van der Waals surface area contributed by atoms with Gasteiger partial charge in [-0.2, -0.15) is 0 Å². The molecule has 0 bridgehead atoms. The lowest BCUT2D eigenvalue weighted by Gasteiger charge is -2.18. The first kappa shape index (κ1) is 15.9. The molecule has 124 valence electrons. The van der Waals surface area contributed by atoms with Crippen LogP contribution in [-0.2, 0) is 9.59 Å². The van der Waals surface area contributed by atoms with E-state index in [9.17, 15) is 18.4 Å². The lowest BCUT2D eigenvalue weighted by molar-refractivity contribution is -0.126. The monoisotopic (exact) mass is 323 g/mol. The molecule has 0 aromatic heterocycles. The molecule has 3 rings (SSSR count). The van der Waals surface area contributed by atoms with Gasteiger partial charge in [-0.15, -0.1) is 0 Å². The van der Waals surface area contributed by atoms with E-state index in [2.05, 4.69) is 5.32 Å². The maximum absolute atomic E-state index is 13.8. The van der Waals surface area contributed by atoms with Crippen molar-refractivity contribution < 1.29 is 18.4 Å². The van der Waals surface area contributed by atoms with Crippen molar-refractivity contribution in [3.8, 4) is 0 Å². The summed E-state index contributed by atoms with van der Waals surface area (Å²) in [5.41, 5.74) is 5.93. The van der Waals surface area contributed by atoms with Gasteiger partial charge in [0.2, 0.25) is 11.8 Å². The Balaban J connectivity index is 1.61. The van der Waals surface area contributed by atoms with Gasteiger partial charge in [0.05, 0.1) is 11.6 Å². The molecule has 5 nitrogen and oxygen atoms in total. The summed E-state index contributed by atoms with van der Waals surface area (Å²) in [7, 11) is 0. The Morgan fingerprint density at radius 1 is 1.39 bits per heavy atom. The van der Waals surface area contributed by atoms with Crippen molar-refractivity contribution in [2.45, 2.75) is 25.3 Å². The third kappa shape index (κ3) is 3.50. The van der Waals surface area contributed by atoms with Gasteiger partial charge in [-0.25, -0.2) is 8.78 Å². The van der Waals surface area contributed by atoms with Crippen molar-refractivity contribution in [2.75, 3.05) is 18.0 Å². The highest BCUT2D eigenvalue weighted by Gasteiger charge is 2.37. The van der Waals surface area contributed by atoms with Gasteiger partial charge < -0.3 is 16.0 Å². The predicted octanol–water partition coefficient (Wildman–Crippen LogP) is 1.17. The highest BCUT2D eigenvalue weighted by Crippen LogP contribution is 2.31. The molecule has 2 unspecified atom stereocenters. The van der Waals surface area contributed by atoms with E-state index < -0.39 is 17.6 Å². The average molecular weight is 323 g/mol. The molecule has 2 amide bonds. The minimum absolute atomic E-state index is 0.00128. The van der Waals surface area contributed by atoms with Gasteiger partial charge in [0.15, 0.2) is 0 Å². The van der Waals surface area contributed by atoms with Crippen molar-refractivity contribution in [3.63, 3.8) is 0 Å². The number of hydrogen-bond donors (Lipinski definition) is 2. The largest absolute Gasteiger partial charge is 0.354 e. The molecular weight excluding hydrogens is 304 g/mol. The fourth-order valence-corrected chi connectivity index (χ4v) is 2.87. The second-order valence-corrected chi connectivity index (χ2v) is 6.25. The van der Waals surface area contributed by atoms with Gasteiger partial charge >= 0.3 is 0 Å². The number of nitrogens with two attached hydrogens (primary N) is 1. The number of halogens is 2. The number of nitrogens with one attached hydrogen (secondary N) is 1. The molecule has 3 N–H and O–H groups in total. The van der Waals surface area contributed by atoms with E-state index in [0.717, 1.165) is 25.0 Å². The van der Waals surface area contributed by atoms with Crippen LogP contribution >= 0.6 is 0 Å². The molecule has 2 aliphatic rings. The summed E-state index contributed by atoms with van der Waals surface area (Å²) in [4.78, 5) is 25.4. The molecular formula is C16H19F2N3O2. The number of nitrogens with zero attached hydrogens (tertiary/aromatic N) is 1. The molecule has 2 atom stereocenters. The zero-order valence-electron chi connectivity index (χ0n) is 12.6. The van der Waals surface area contributed by atoms with E-state index >= 15 is 0 Å². The van der Waals surface area contributed by atoms with Crippen LogP contribution in [0.4, 0.5) is 14.5 Å². The molecule has 23 heavy (non-hydrogen) atoms. The minimum atomic E-state index is -0.810. The fraction of sp³-hybridized carbons (Fsp3) is 0.500. The Morgan fingerprint density at radius 2 is 2.13 bits per heavy atom. The van der Waals surface area contributed by atoms with Crippen LogP contribution in [0, 0.1) is 23.5 Å². The van der Waals surface area contributed by atoms with E-state index in [4.69, 9.17) is 5.73 Å². The molecule has 0 radical (unpaired) electrons. The van der Waals surface area contributed by atoms with Gasteiger partial charge in [0.1, 0.15) is 11.6 Å². The zero-order chi connectivity index (χ0) is 16.6. The molecule has 1 aliphatic carbocycles. The van der Waals surface area contributed by atoms with Crippen LogP contribution in [0.2, 0.25) is 0 Å². The van der Waals surface area contributed by atoms with Crippen molar-refractivity contribution in [3.05, 3.63) is 29.8 Å². The normalized spacial score (nSPS) is 22.3. The summed E-state index contributed by atoms with van der Waals surface area (Å²) in [5.74, 6) is -2.18. The first-order valence-electron chi connectivity index (χ1n) is 7.74. The van der Waals surface area contributed by atoms with Crippen LogP contribution in [0.15, 0.2) is 18.2 Å². The second-order valence-electron chi connectivity index (χ2n) is 6.25. The highest BCUT2D eigenvalue weighted by atomic mass is 19.1. The third-order valence-electron chi connectivity index (χ3n) is 4.44. The Labute approximate surface area is 132 Å². The summed E-state index contributed by atoms with van der Waals surface area (Å²) in [5, 5.41) is 2.77. The van der Waals surface area contributed by atoms with Crippen molar-refractivity contribution in [1.82, 2.24) is 5.32 Å². The van der Waals surface area contributed by atoms with Crippen LogP contribution in [-0.4, -0.2) is 30.9 Å². The number of amides is 2. The van der Waals surface area contributed by atoms with E-state index in [1.807, 2.05) is 0 Å². The van der Waals surface area contributed by atoms with Gasteiger partial charge in [-0.05, 0) is 30.9 Å². The van der Waals surface area contributed by atoms with Gasteiger partial charge in [-0.3, -0.25) is 9.59 Å². The Morgan fingerprint density at radius 3 is 2.78 bits per heavy atom. The number of benzene rings is 1. The van der Waals surface area contributed by atoms with E-state index in [1.54, 1.807) is 0 Å². The highest BCUT2D eigenvalue weighted by molar-refractivity contribution is 6.00. The molecule has 1 heterocycles. The maximum atomic E-state index is 13.8. The van der Waals surface area contributed by atoms with Crippen LogP contribution in [0.3, 0.4) is 0 Å². The summed E-state index contributed by atoms with van der Waals surface area (Å²) in [6.07, 6.45) is 2.20. The molecule has 0 spiro atoms. The molecule has 1 saturated carbocycles. The number of carbonyl (C=O) groups is 2. The zero-order valence-corrected chi connectivity index (χ0v) is 12.6. The topological polar surface area (TPSA) is 75.4 Å². The summed E-state index contributed by atoms with van der Waals surface area (Å²) < 4.78 is 26.8. The lowest BCUT2D eigenvalue weighted by Crippen LogP contribution is -2.41. The second kappa shape index (κ2) is 6.23. The minimum Gasteiger partial charge on any atom is -0.354 e. The number of hydrogen-bond acceptors (Lipinski definition) is 3. The smallest absolute Gasteiger partial charge is 0.227 e. The van der Waals surface area contributed by atoms with Gasteiger partial charge in [0.25, 0.3) is 0 Å². The number of rotatable bonds is 5. The van der Waals surface area contributed by atoms with E-state index in [0.29, 0.717) is 12.5 Å². The van der Waals surface area contributed by atoms with Crippen molar-refractivity contribution in [1.29, 1.82) is 0 Å². The molecule has 1 aromatic rings. The molecule has 1 saturated heterocycles. The number of anilines is 1.